The highest BCUT2D eigenvalue weighted by molar-refractivity contribution is 7.14. The lowest BCUT2D eigenvalue weighted by Crippen LogP contribution is -1.82. The monoisotopic (exact) mass is 259 g/mol. The molecule has 80 valence electrons. The molecule has 0 amide bonds. The highest BCUT2D eigenvalue weighted by atomic mass is 35.5. The molecule has 0 saturated heterocycles. The van der Waals surface area contributed by atoms with Gasteiger partial charge in [0.15, 0.2) is 0 Å². The van der Waals surface area contributed by atoms with E-state index in [0.29, 0.717) is 0 Å². The predicted molar refractivity (Wildman–Crippen MR) is 71.6 cm³/mol. The van der Waals surface area contributed by atoms with Gasteiger partial charge in [0.2, 0.25) is 0 Å². The van der Waals surface area contributed by atoms with Crippen molar-refractivity contribution in [1.82, 2.24) is 0 Å². The van der Waals surface area contributed by atoms with E-state index in [2.05, 4.69) is 16.8 Å². The third kappa shape index (κ3) is 2.88. The minimum absolute atomic E-state index is 0. The number of nitrogens with one attached hydrogen (secondary N) is 1. The molecule has 1 nitrogen and oxygen atoms in total. The molecule has 2 rings (SSSR count). The number of rotatable bonds is 2. The van der Waals surface area contributed by atoms with Crippen molar-refractivity contribution in [2.75, 3.05) is 12.4 Å². The zero-order chi connectivity index (χ0) is 9.97. The molecule has 1 aromatic carbocycles. The molecule has 2 aromatic rings. The van der Waals surface area contributed by atoms with Gasteiger partial charge in [-0.15, -0.1) is 23.7 Å². The van der Waals surface area contributed by atoms with Gasteiger partial charge in [0, 0.05) is 28.0 Å². The summed E-state index contributed by atoms with van der Waals surface area (Å²) in [6.07, 6.45) is 0. The summed E-state index contributed by atoms with van der Waals surface area (Å²) in [6.45, 7) is 0. The minimum Gasteiger partial charge on any atom is -0.387 e. The van der Waals surface area contributed by atoms with Gasteiger partial charge in [-0.3, -0.25) is 0 Å². The maximum Gasteiger partial charge on any atom is 0.0452 e. The van der Waals surface area contributed by atoms with Crippen LogP contribution in [0.15, 0.2) is 35.7 Å². The standard InChI is InChI=1S/C11H10ClNS.ClH/c1-13-10-6-11(14-7-10)8-2-4-9(12)5-3-8;/h2-7,13H,1H3;1H. The summed E-state index contributed by atoms with van der Waals surface area (Å²) in [5.41, 5.74) is 2.36. The van der Waals surface area contributed by atoms with Crippen LogP contribution >= 0.6 is 35.3 Å². The van der Waals surface area contributed by atoms with E-state index < -0.39 is 0 Å². The second kappa shape index (κ2) is 5.40. The van der Waals surface area contributed by atoms with E-state index in [-0.39, 0.29) is 12.4 Å². The highest BCUT2D eigenvalue weighted by Crippen LogP contribution is 2.30. The quantitative estimate of drug-likeness (QED) is 0.836. The Morgan fingerprint density at radius 3 is 2.40 bits per heavy atom. The van der Waals surface area contributed by atoms with Gasteiger partial charge in [-0.2, -0.15) is 0 Å². The smallest absolute Gasteiger partial charge is 0.0452 e. The summed E-state index contributed by atoms with van der Waals surface area (Å²) in [5.74, 6) is 0. The number of hydrogen-bond acceptors (Lipinski definition) is 2. The molecule has 0 aliphatic heterocycles. The van der Waals surface area contributed by atoms with E-state index in [0.717, 1.165) is 10.7 Å². The van der Waals surface area contributed by atoms with E-state index >= 15 is 0 Å². The maximum atomic E-state index is 5.82. The molecule has 0 aliphatic carbocycles. The van der Waals surface area contributed by atoms with Gasteiger partial charge in [-0.1, -0.05) is 23.7 Å². The summed E-state index contributed by atoms with van der Waals surface area (Å²) < 4.78 is 0. The van der Waals surface area contributed by atoms with E-state index in [1.807, 2.05) is 31.3 Å². The first kappa shape index (κ1) is 12.4. The van der Waals surface area contributed by atoms with Gasteiger partial charge in [-0.25, -0.2) is 0 Å². The molecule has 1 N–H and O–H groups in total. The molecule has 0 atom stereocenters. The van der Waals surface area contributed by atoms with Crippen molar-refractivity contribution < 1.29 is 0 Å². The number of anilines is 1. The van der Waals surface area contributed by atoms with Crippen molar-refractivity contribution in [1.29, 1.82) is 0 Å². The lowest BCUT2D eigenvalue weighted by atomic mass is 10.2. The van der Waals surface area contributed by atoms with Crippen LogP contribution in [0.5, 0.6) is 0 Å². The first-order chi connectivity index (χ1) is 6.79. The van der Waals surface area contributed by atoms with Crippen molar-refractivity contribution in [2.45, 2.75) is 0 Å². The largest absolute Gasteiger partial charge is 0.387 e. The molecule has 0 bridgehead atoms. The fourth-order valence-electron chi connectivity index (χ4n) is 1.23. The van der Waals surface area contributed by atoms with Gasteiger partial charge in [-0.05, 0) is 23.8 Å². The third-order valence-corrected chi connectivity index (χ3v) is 3.25. The molecular weight excluding hydrogens is 249 g/mol. The van der Waals surface area contributed by atoms with Crippen LogP contribution in [0.3, 0.4) is 0 Å². The van der Waals surface area contributed by atoms with Gasteiger partial charge < -0.3 is 5.32 Å². The van der Waals surface area contributed by atoms with Crippen LogP contribution in [0, 0.1) is 0 Å². The summed E-state index contributed by atoms with van der Waals surface area (Å²) in [5, 5.41) is 5.99. The van der Waals surface area contributed by atoms with E-state index in [4.69, 9.17) is 11.6 Å². The normalized spacial score (nSPS) is 9.47. The fourth-order valence-corrected chi connectivity index (χ4v) is 2.27. The number of benzene rings is 1. The number of hydrogen-bond donors (Lipinski definition) is 1. The Bertz CT molecular complexity index is 422. The first-order valence-corrected chi connectivity index (χ1v) is 5.57. The van der Waals surface area contributed by atoms with Crippen molar-refractivity contribution in [3.8, 4) is 10.4 Å². The molecule has 0 fully saturated rings. The van der Waals surface area contributed by atoms with Crippen LogP contribution in [0.1, 0.15) is 0 Å². The molecular formula is C11H11Cl2NS. The van der Waals surface area contributed by atoms with Gasteiger partial charge >= 0.3 is 0 Å². The first-order valence-electron chi connectivity index (χ1n) is 4.32. The van der Waals surface area contributed by atoms with Crippen LogP contribution < -0.4 is 5.32 Å². The van der Waals surface area contributed by atoms with Crippen LogP contribution in [0.2, 0.25) is 5.02 Å². The van der Waals surface area contributed by atoms with Crippen LogP contribution in [-0.4, -0.2) is 7.05 Å². The van der Waals surface area contributed by atoms with Gasteiger partial charge in [0.1, 0.15) is 0 Å². The molecule has 0 aliphatic rings. The molecule has 1 heterocycles. The zero-order valence-electron chi connectivity index (χ0n) is 8.16. The van der Waals surface area contributed by atoms with Crippen molar-refractivity contribution in [3.05, 3.63) is 40.7 Å². The zero-order valence-corrected chi connectivity index (χ0v) is 10.5. The van der Waals surface area contributed by atoms with Gasteiger partial charge in [0.25, 0.3) is 0 Å². The maximum absolute atomic E-state index is 5.82. The Morgan fingerprint density at radius 2 is 1.87 bits per heavy atom. The van der Waals surface area contributed by atoms with Crippen molar-refractivity contribution in [2.24, 2.45) is 0 Å². The molecule has 0 saturated carbocycles. The van der Waals surface area contributed by atoms with E-state index in [9.17, 15) is 0 Å². The van der Waals surface area contributed by atoms with E-state index in [1.54, 1.807) is 11.3 Å². The Balaban J connectivity index is 0.00000112. The van der Waals surface area contributed by atoms with Crippen LogP contribution in [0.4, 0.5) is 5.69 Å². The topological polar surface area (TPSA) is 12.0 Å². The highest BCUT2D eigenvalue weighted by Gasteiger charge is 2.00. The molecule has 0 unspecified atom stereocenters. The van der Waals surface area contributed by atoms with Crippen LogP contribution in [0.25, 0.3) is 10.4 Å². The van der Waals surface area contributed by atoms with Gasteiger partial charge in [0.05, 0.1) is 0 Å². The molecule has 0 radical (unpaired) electrons. The predicted octanol–water partition coefficient (Wildman–Crippen LogP) is 4.53. The molecule has 1 aromatic heterocycles. The molecule has 4 heteroatoms. The average Bonchev–Trinajstić information content (AvgIpc) is 2.67. The second-order valence-electron chi connectivity index (χ2n) is 2.96. The molecule has 0 spiro atoms. The Kier molecular flexibility index (Phi) is 4.45. The Hall–Kier alpha value is -0.700. The summed E-state index contributed by atoms with van der Waals surface area (Å²) >= 11 is 7.55. The van der Waals surface area contributed by atoms with Crippen molar-refractivity contribution >= 4 is 41.0 Å². The fraction of sp³-hybridized carbons (Fsp3) is 0.0909. The Labute approximate surface area is 105 Å². The lowest BCUT2D eigenvalue weighted by Gasteiger charge is -1.96. The summed E-state index contributed by atoms with van der Waals surface area (Å²) in [4.78, 5) is 1.26. The molecule has 15 heavy (non-hydrogen) atoms. The van der Waals surface area contributed by atoms with Crippen LogP contribution in [-0.2, 0) is 0 Å². The lowest BCUT2D eigenvalue weighted by molar-refractivity contribution is 1.56. The number of halogens is 2. The summed E-state index contributed by atoms with van der Waals surface area (Å²) in [7, 11) is 1.92. The summed E-state index contributed by atoms with van der Waals surface area (Å²) in [6, 6.07) is 10.0. The minimum atomic E-state index is 0. The average molecular weight is 260 g/mol. The van der Waals surface area contributed by atoms with E-state index in [1.165, 1.54) is 10.4 Å². The second-order valence-corrected chi connectivity index (χ2v) is 4.30. The Morgan fingerprint density at radius 1 is 1.20 bits per heavy atom. The van der Waals surface area contributed by atoms with Crippen molar-refractivity contribution in [3.63, 3.8) is 0 Å². The third-order valence-electron chi connectivity index (χ3n) is 2.02. The number of thiophene rings is 1. The SMILES string of the molecule is CNc1csc(-c2ccc(Cl)cc2)c1.Cl.